The van der Waals surface area contributed by atoms with Crippen LogP contribution < -0.4 is 10.9 Å². The van der Waals surface area contributed by atoms with Crippen LogP contribution in [0.5, 0.6) is 0 Å². The molecule has 1 amide bonds. The zero-order chi connectivity index (χ0) is 23.5. The third kappa shape index (κ3) is 5.16. The summed E-state index contributed by atoms with van der Waals surface area (Å²) < 4.78 is 6.78. The molecule has 4 rings (SSSR count). The van der Waals surface area contributed by atoms with E-state index in [2.05, 4.69) is 15.5 Å². The van der Waals surface area contributed by atoms with Crippen molar-refractivity contribution in [1.29, 1.82) is 0 Å². The molecule has 0 fully saturated rings. The number of halogens is 2. The highest BCUT2D eigenvalue weighted by atomic mass is 35.5. The Morgan fingerprint density at radius 1 is 1.06 bits per heavy atom. The van der Waals surface area contributed by atoms with Crippen LogP contribution in [0.1, 0.15) is 16.8 Å². The Kier molecular flexibility index (Phi) is 6.62. The molecule has 0 spiro atoms. The number of hydrogen-bond donors (Lipinski definition) is 1. The number of nitrogens with one attached hydrogen (secondary N) is 1. The predicted molar refractivity (Wildman–Crippen MR) is 127 cm³/mol. The Hall–Kier alpha value is -3.42. The second-order valence-electron chi connectivity index (χ2n) is 7.57. The molecule has 1 N–H and O–H groups in total. The number of pyridine rings is 1. The van der Waals surface area contributed by atoms with Crippen LogP contribution in [0, 0.1) is 13.8 Å². The molecule has 2 aromatic carbocycles. The Morgan fingerprint density at radius 2 is 1.82 bits per heavy atom. The fraction of sp³-hybridized carbons (Fsp3) is 0.167. The van der Waals surface area contributed by atoms with Gasteiger partial charge >= 0.3 is 0 Å². The van der Waals surface area contributed by atoms with Gasteiger partial charge in [0.2, 0.25) is 11.7 Å². The van der Waals surface area contributed by atoms with Crippen molar-refractivity contribution in [2.24, 2.45) is 0 Å². The fourth-order valence-corrected chi connectivity index (χ4v) is 3.77. The molecule has 9 heteroatoms. The zero-order valence-corrected chi connectivity index (χ0v) is 19.4. The van der Waals surface area contributed by atoms with Crippen molar-refractivity contribution in [2.75, 3.05) is 0 Å². The van der Waals surface area contributed by atoms with Crippen LogP contribution in [0.3, 0.4) is 0 Å². The average molecular weight is 483 g/mol. The minimum Gasteiger partial charge on any atom is -0.350 e. The maximum Gasteiger partial charge on any atom is 0.264 e. The van der Waals surface area contributed by atoms with Gasteiger partial charge in [0.1, 0.15) is 12.1 Å². The predicted octanol–water partition coefficient (Wildman–Crippen LogP) is 4.81. The van der Waals surface area contributed by atoms with Gasteiger partial charge < -0.3 is 14.4 Å². The summed E-state index contributed by atoms with van der Waals surface area (Å²) in [6, 6.07) is 16.0. The van der Waals surface area contributed by atoms with Gasteiger partial charge in [0.15, 0.2) is 0 Å². The maximum atomic E-state index is 13.3. The van der Waals surface area contributed by atoms with Crippen molar-refractivity contribution < 1.29 is 9.32 Å². The molecular formula is C24H20Cl2N4O3. The number of aromatic nitrogens is 3. The minimum absolute atomic E-state index is 0.0859. The SMILES string of the molecule is Cc1cc(C)n(CC(=O)NCc2ccc(Cl)cc2)c(=O)c1-c1nc(-c2cccc(Cl)c2)no1. The summed E-state index contributed by atoms with van der Waals surface area (Å²) in [5, 5.41) is 7.97. The summed E-state index contributed by atoms with van der Waals surface area (Å²) in [4.78, 5) is 30.2. The zero-order valence-electron chi connectivity index (χ0n) is 17.9. The Balaban J connectivity index is 1.58. The summed E-state index contributed by atoms with van der Waals surface area (Å²) in [5.74, 6) is 0.108. The first-order valence-corrected chi connectivity index (χ1v) is 10.9. The number of aryl methyl sites for hydroxylation is 2. The van der Waals surface area contributed by atoms with Crippen molar-refractivity contribution in [3.05, 3.63) is 91.8 Å². The lowest BCUT2D eigenvalue weighted by Gasteiger charge is -2.13. The molecule has 0 saturated heterocycles. The smallest absolute Gasteiger partial charge is 0.264 e. The highest BCUT2D eigenvalue weighted by molar-refractivity contribution is 6.31. The van der Waals surface area contributed by atoms with Crippen LogP contribution in [0.15, 0.2) is 63.9 Å². The average Bonchev–Trinajstić information content (AvgIpc) is 3.26. The van der Waals surface area contributed by atoms with Gasteiger partial charge in [-0.1, -0.05) is 52.6 Å². The van der Waals surface area contributed by atoms with E-state index < -0.39 is 0 Å². The number of hydrogen-bond acceptors (Lipinski definition) is 5. The molecule has 0 unspecified atom stereocenters. The van der Waals surface area contributed by atoms with Crippen molar-refractivity contribution >= 4 is 29.1 Å². The first kappa shape index (κ1) is 22.8. The van der Waals surface area contributed by atoms with Crippen LogP contribution in [-0.2, 0) is 17.9 Å². The van der Waals surface area contributed by atoms with E-state index in [-0.39, 0.29) is 29.5 Å². The largest absolute Gasteiger partial charge is 0.350 e. The number of benzene rings is 2. The van der Waals surface area contributed by atoms with Gasteiger partial charge in [0, 0.05) is 27.8 Å². The molecule has 0 bridgehead atoms. The molecule has 33 heavy (non-hydrogen) atoms. The molecule has 2 aromatic heterocycles. The lowest BCUT2D eigenvalue weighted by Crippen LogP contribution is -2.34. The van der Waals surface area contributed by atoms with E-state index in [0.29, 0.717) is 39.2 Å². The van der Waals surface area contributed by atoms with Gasteiger partial charge in [0.25, 0.3) is 11.4 Å². The molecule has 0 saturated carbocycles. The first-order chi connectivity index (χ1) is 15.8. The van der Waals surface area contributed by atoms with Gasteiger partial charge in [-0.3, -0.25) is 9.59 Å². The van der Waals surface area contributed by atoms with E-state index in [0.717, 1.165) is 5.56 Å². The summed E-state index contributed by atoms with van der Waals surface area (Å²) in [6.45, 7) is 3.75. The number of amides is 1. The van der Waals surface area contributed by atoms with Crippen LogP contribution >= 0.6 is 23.2 Å². The van der Waals surface area contributed by atoms with Gasteiger partial charge in [-0.15, -0.1) is 0 Å². The maximum absolute atomic E-state index is 13.3. The molecule has 0 radical (unpaired) electrons. The van der Waals surface area contributed by atoms with Gasteiger partial charge in [-0.25, -0.2) is 0 Å². The monoisotopic (exact) mass is 482 g/mol. The van der Waals surface area contributed by atoms with Crippen molar-refractivity contribution in [3.8, 4) is 22.8 Å². The Bertz CT molecular complexity index is 1380. The second-order valence-corrected chi connectivity index (χ2v) is 8.44. The molecule has 0 aliphatic heterocycles. The Morgan fingerprint density at radius 3 is 2.55 bits per heavy atom. The third-order valence-electron chi connectivity index (χ3n) is 5.13. The topological polar surface area (TPSA) is 90.0 Å². The van der Waals surface area contributed by atoms with Gasteiger partial charge in [-0.2, -0.15) is 4.98 Å². The summed E-state index contributed by atoms with van der Waals surface area (Å²) in [6.07, 6.45) is 0. The quantitative estimate of drug-likeness (QED) is 0.425. The van der Waals surface area contributed by atoms with E-state index in [9.17, 15) is 9.59 Å². The molecule has 0 aliphatic carbocycles. The normalized spacial score (nSPS) is 10.9. The second kappa shape index (κ2) is 9.60. The van der Waals surface area contributed by atoms with Crippen LogP contribution in [0.2, 0.25) is 10.0 Å². The molecule has 168 valence electrons. The van der Waals surface area contributed by atoms with Crippen LogP contribution in [0.25, 0.3) is 22.8 Å². The highest BCUT2D eigenvalue weighted by Gasteiger charge is 2.20. The lowest BCUT2D eigenvalue weighted by molar-refractivity contribution is -0.121. The molecular weight excluding hydrogens is 463 g/mol. The number of carbonyl (C=O) groups excluding carboxylic acids is 1. The van der Waals surface area contributed by atoms with Crippen molar-refractivity contribution in [3.63, 3.8) is 0 Å². The molecule has 0 atom stereocenters. The number of rotatable bonds is 6. The van der Waals surface area contributed by atoms with E-state index in [1.165, 1.54) is 4.57 Å². The summed E-state index contributed by atoms with van der Waals surface area (Å²) >= 11 is 11.9. The Labute approximate surface area is 200 Å². The fourth-order valence-electron chi connectivity index (χ4n) is 3.46. The standard InChI is InChI=1S/C24H20Cl2N4O3/c1-14-10-15(2)30(13-20(31)27-12-16-6-8-18(25)9-7-16)24(32)21(14)23-28-22(29-33-23)17-4-3-5-19(26)11-17/h3-11H,12-13H2,1-2H3,(H,27,31). The van der Waals surface area contributed by atoms with Crippen LogP contribution in [-0.4, -0.2) is 20.6 Å². The first-order valence-electron chi connectivity index (χ1n) is 10.1. The van der Waals surface area contributed by atoms with Gasteiger partial charge in [-0.05, 0) is 55.3 Å². The van der Waals surface area contributed by atoms with Gasteiger partial charge in [0.05, 0.1) is 0 Å². The van der Waals surface area contributed by atoms with E-state index in [4.69, 9.17) is 27.7 Å². The molecule has 0 aliphatic rings. The summed E-state index contributed by atoms with van der Waals surface area (Å²) in [5.41, 5.74) is 2.78. The van der Waals surface area contributed by atoms with Crippen LogP contribution in [0.4, 0.5) is 0 Å². The van der Waals surface area contributed by atoms with E-state index in [1.807, 2.05) is 18.2 Å². The van der Waals surface area contributed by atoms with Crippen molar-refractivity contribution in [1.82, 2.24) is 20.0 Å². The highest BCUT2D eigenvalue weighted by Crippen LogP contribution is 2.24. The van der Waals surface area contributed by atoms with E-state index >= 15 is 0 Å². The van der Waals surface area contributed by atoms with E-state index in [1.54, 1.807) is 50.2 Å². The molecule has 4 aromatic rings. The number of nitrogens with zero attached hydrogens (tertiary/aromatic N) is 3. The lowest BCUT2D eigenvalue weighted by atomic mass is 10.1. The minimum atomic E-state index is -0.379. The molecule has 7 nitrogen and oxygen atoms in total. The third-order valence-corrected chi connectivity index (χ3v) is 5.62. The number of carbonyl (C=O) groups is 1. The van der Waals surface area contributed by atoms with Crippen molar-refractivity contribution in [2.45, 2.75) is 26.9 Å². The molecule has 2 heterocycles. The summed E-state index contributed by atoms with van der Waals surface area (Å²) in [7, 11) is 0.